The monoisotopic (exact) mass is 224 g/mol. The quantitative estimate of drug-likeness (QED) is 0.641. The summed E-state index contributed by atoms with van der Waals surface area (Å²) in [6.45, 7) is 2.36. The SMILES string of the molecule is C[C@H](O)c1cccnc1N1CC(O)C(O)C1. The van der Waals surface area contributed by atoms with E-state index in [0.29, 0.717) is 24.5 Å². The third kappa shape index (κ3) is 2.02. The van der Waals surface area contributed by atoms with Crippen molar-refractivity contribution in [1.82, 2.24) is 4.98 Å². The summed E-state index contributed by atoms with van der Waals surface area (Å²) in [6.07, 6.45) is -0.468. The van der Waals surface area contributed by atoms with Crippen molar-refractivity contribution >= 4 is 5.82 Å². The molecule has 1 saturated heterocycles. The van der Waals surface area contributed by atoms with Crippen LogP contribution in [0.1, 0.15) is 18.6 Å². The molecule has 0 saturated carbocycles. The zero-order valence-corrected chi connectivity index (χ0v) is 9.11. The summed E-state index contributed by atoms with van der Waals surface area (Å²) >= 11 is 0. The number of aliphatic hydroxyl groups excluding tert-OH is 3. The largest absolute Gasteiger partial charge is 0.389 e. The maximum atomic E-state index is 9.61. The van der Waals surface area contributed by atoms with Gasteiger partial charge in [-0.1, -0.05) is 6.07 Å². The first-order valence-electron chi connectivity index (χ1n) is 5.33. The summed E-state index contributed by atoms with van der Waals surface area (Å²) in [4.78, 5) is 5.98. The van der Waals surface area contributed by atoms with Crippen LogP contribution in [0.15, 0.2) is 18.3 Å². The molecule has 16 heavy (non-hydrogen) atoms. The second-order valence-corrected chi connectivity index (χ2v) is 4.13. The van der Waals surface area contributed by atoms with Crippen molar-refractivity contribution in [3.63, 3.8) is 0 Å². The van der Waals surface area contributed by atoms with Crippen molar-refractivity contribution in [3.8, 4) is 0 Å². The molecular formula is C11H16N2O3. The zero-order valence-electron chi connectivity index (χ0n) is 9.11. The van der Waals surface area contributed by atoms with Crippen LogP contribution in [0, 0.1) is 0 Å². The Kier molecular flexibility index (Phi) is 3.09. The molecule has 0 aliphatic carbocycles. The van der Waals surface area contributed by atoms with Gasteiger partial charge < -0.3 is 20.2 Å². The Balaban J connectivity index is 2.27. The van der Waals surface area contributed by atoms with E-state index >= 15 is 0 Å². The van der Waals surface area contributed by atoms with Crippen LogP contribution in [0.4, 0.5) is 5.82 Å². The summed E-state index contributed by atoms with van der Waals surface area (Å²) in [5.41, 5.74) is 0.712. The topological polar surface area (TPSA) is 76.8 Å². The standard InChI is InChI=1S/C11H16N2O3/c1-7(14)8-3-2-4-12-11(8)13-5-9(15)10(16)6-13/h2-4,7,9-10,14-16H,5-6H2,1H3/t7-,9?,10?/m0/s1. The molecular weight excluding hydrogens is 208 g/mol. The van der Waals surface area contributed by atoms with Gasteiger partial charge in [-0.15, -0.1) is 0 Å². The second kappa shape index (κ2) is 4.37. The van der Waals surface area contributed by atoms with E-state index < -0.39 is 18.3 Å². The van der Waals surface area contributed by atoms with E-state index in [0.717, 1.165) is 0 Å². The van der Waals surface area contributed by atoms with Gasteiger partial charge in [-0.3, -0.25) is 0 Å². The Hall–Kier alpha value is -1.17. The van der Waals surface area contributed by atoms with E-state index in [-0.39, 0.29) is 0 Å². The lowest BCUT2D eigenvalue weighted by Crippen LogP contribution is -2.24. The van der Waals surface area contributed by atoms with Gasteiger partial charge in [0.2, 0.25) is 0 Å². The highest BCUT2D eigenvalue weighted by Crippen LogP contribution is 2.26. The first-order chi connectivity index (χ1) is 7.59. The van der Waals surface area contributed by atoms with Crippen LogP contribution in [0.5, 0.6) is 0 Å². The molecule has 5 nitrogen and oxygen atoms in total. The molecule has 3 atom stereocenters. The van der Waals surface area contributed by atoms with Crippen molar-refractivity contribution in [2.45, 2.75) is 25.2 Å². The minimum atomic E-state index is -0.746. The van der Waals surface area contributed by atoms with Crippen LogP contribution in [-0.2, 0) is 0 Å². The minimum absolute atomic E-state index is 0.345. The van der Waals surface area contributed by atoms with Crippen LogP contribution in [-0.4, -0.2) is 45.6 Å². The molecule has 1 aromatic heterocycles. The van der Waals surface area contributed by atoms with Crippen LogP contribution in [0.2, 0.25) is 0 Å². The molecule has 1 aromatic rings. The fourth-order valence-electron chi connectivity index (χ4n) is 1.94. The lowest BCUT2D eigenvalue weighted by atomic mass is 10.1. The number of hydrogen-bond acceptors (Lipinski definition) is 5. The first-order valence-corrected chi connectivity index (χ1v) is 5.33. The minimum Gasteiger partial charge on any atom is -0.389 e. The Morgan fingerprint density at radius 3 is 2.56 bits per heavy atom. The number of anilines is 1. The second-order valence-electron chi connectivity index (χ2n) is 4.13. The molecule has 2 heterocycles. The first kappa shape index (κ1) is 11.3. The maximum Gasteiger partial charge on any atom is 0.134 e. The lowest BCUT2D eigenvalue weighted by molar-refractivity contribution is 0.0572. The molecule has 0 spiro atoms. The Morgan fingerprint density at radius 1 is 1.38 bits per heavy atom. The maximum absolute atomic E-state index is 9.61. The molecule has 2 rings (SSSR count). The average Bonchev–Trinajstić information content (AvgIpc) is 2.59. The molecule has 1 aliphatic rings. The van der Waals surface area contributed by atoms with Crippen molar-refractivity contribution in [2.24, 2.45) is 0 Å². The van der Waals surface area contributed by atoms with Crippen LogP contribution in [0.3, 0.4) is 0 Å². The number of hydrogen-bond donors (Lipinski definition) is 3. The fraction of sp³-hybridized carbons (Fsp3) is 0.545. The van der Waals surface area contributed by atoms with E-state index in [9.17, 15) is 15.3 Å². The molecule has 0 amide bonds. The highest BCUT2D eigenvalue weighted by molar-refractivity contribution is 5.49. The predicted octanol–water partition coefficient (Wildman–Crippen LogP) is -0.323. The van der Waals surface area contributed by atoms with Gasteiger partial charge in [0.15, 0.2) is 0 Å². The van der Waals surface area contributed by atoms with Crippen molar-refractivity contribution in [3.05, 3.63) is 23.9 Å². The lowest BCUT2D eigenvalue weighted by Gasteiger charge is -2.20. The summed E-state index contributed by atoms with van der Waals surface area (Å²) in [7, 11) is 0. The number of nitrogens with zero attached hydrogens (tertiary/aromatic N) is 2. The predicted molar refractivity (Wildman–Crippen MR) is 59.1 cm³/mol. The summed E-state index contributed by atoms with van der Waals surface area (Å²) < 4.78 is 0. The molecule has 2 unspecified atom stereocenters. The molecule has 1 fully saturated rings. The Morgan fingerprint density at radius 2 is 2.00 bits per heavy atom. The van der Waals surface area contributed by atoms with Gasteiger partial charge in [-0.05, 0) is 13.0 Å². The number of pyridine rings is 1. The van der Waals surface area contributed by atoms with Gasteiger partial charge >= 0.3 is 0 Å². The van der Waals surface area contributed by atoms with E-state index in [4.69, 9.17) is 0 Å². The molecule has 0 radical (unpaired) electrons. The summed E-state index contributed by atoms with van der Waals surface area (Å²) in [5, 5.41) is 28.6. The van der Waals surface area contributed by atoms with Gasteiger partial charge in [-0.25, -0.2) is 4.98 Å². The summed E-state index contributed by atoms with van der Waals surface area (Å²) in [5.74, 6) is 0.633. The third-order valence-corrected chi connectivity index (χ3v) is 2.83. The third-order valence-electron chi connectivity index (χ3n) is 2.83. The molecule has 0 aromatic carbocycles. The highest BCUT2D eigenvalue weighted by Gasteiger charge is 2.31. The van der Waals surface area contributed by atoms with E-state index in [1.807, 2.05) is 0 Å². The van der Waals surface area contributed by atoms with Crippen LogP contribution >= 0.6 is 0 Å². The van der Waals surface area contributed by atoms with Gasteiger partial charge in [0.25, 0.3) is 0 Å². The number of aliphatic hydroxyl groups is 3. The van der Waals surface area contributed by atoms with Gasteiger partial charge in [-0.2, -0.15) is 0 Å². The number of β-amino-alcohol motifs (C(OH)–C–C–N with tert-alkyl or cyclic N) is 2. The molecule has 5 heteroatoms. The summed E-state index contributed by atoms with van der Waals surface area (Å²) in [6, 6.07) is 3.55. The highest BCUT2D eigenvalue weighted by atomic mass is 16.3. The van der Waals surface area contributed by atoms with Crippen molar-refractivity contribution in [2.75, 3.05) is 18.0 Å². The van der Waals surface area contributed by atoms with Crippen molar-refractivity contribution in [1.29, 1.82) is 0 Å². The molecule has 3 N–H and O–H groups in total. The van der Waals surface area contributed by atoms with Crippen molar-refractivity contribution < 1.29 is 15.3 Å². The molecule has 1 aliphatic heterocycles. The number of aromatic nitrogens is 1. The zero-order chi connectivity index (χ0) is 11.7. The molecule has 0 bridgehead atoms. The molecule has 88 valence electrons. The van der Waals surface area contributed by atoms with E-state index in [1.54, 1.807) is 30.2 Å². The van der Waals surface area contributed by atoms with Crippen LogP contribution < -0.4 is 4.90 Å². The smallest absolute Gasteiger partial charge is 0.134 e. The fourth-order valence-corrected chi connectivity index (χ4v) is 1.94. The van der Waals surface area contributed by atoms with Gasteiger partial charge in [0.1, 0.15) is 5.82 Å². The number of rotatable bonds is 2. The average molecular weight is 224 g/mol. The normalized spacial score (nSPS) is 27.1. The Labute approximate surface area is 94.0 Å². The Bertz CT molecular complexity index is 360. The van der Waals surface area contributed by atoms with Gasteiger partial charge in [0, 0.05) is 24.8 Å². The van der Waals surface area contributed by atoms with Gasteiger partial charge in [0.05, 0.1) is 18.3 Å². The van der Waals surface area contributed by atoms with E-state index in [1.165, 1.54) is 0 Å². The van der Waals surface area contributed by atoms with E-state index in [2.05, 4.69) is 4.98 Å². The van der Waals surface area contributed by atoms with Crippen LogP contribution in [0.25, 0.3) is 0 Å².